The molecule has 1 atom stereocenters. The topological polar surface area (TPSA) is 59.8 Å². The van der Waals surface area contributed by atoms with Gasteiger partial charge in [-0.15, -0.1) is 11.3 Å². The lowest BCUT2D eigenvalue weighted by Gasteiger charge is -2.25. The molecule has 0 radical (unpaired) electrons. The number of hydrogen-bond donors (Lipinski definition) is 1. The summed E-state index contributed by atoms with van der Waals surface area (Å²) >= 11 is 1.81. The summed E-state index contributed by atoms with van der Waals surface area (Å²) < 4.78 is 13.8. The summed E-state index contributed by atoms with van der Waals surface area (Å²) in [5.74, 6) is 1.47. The Kier molecular flexibility index (Phi) is 6.95. The molecule has 1 N–H and O–H groups in total. The first-order valence-electron chi connectivity index (χ1n) is 20.9. The molecule has 14 rings (SSSR count). The van der Waals surface area contributed by atoms with E-state index >= 15 is 0 Å². The standard InChI is InChI=1S/C55H33N5OS/c1-2-15-33-29-47-41(28-32(33)14-1)36-18-5-8-23-44(36)59(47)48-30-42-37-19-6-11-26-49(37)61-50(42)31-43(48)54-56-53(40-22-13-21-39-38-20-7-12-27-51(38)62-52(39)40)57-55(58-54)60-45-24-9-3-16-34(45)35-17-4-10-25-46(35)60/h1-31,54H,(H,56,57,58). The minimum atomic E-state index is -0.657. The maximum Gasteiger partial charge on any atom is 0.211 e. The monoisotopic (exact) mass is 811 g/mol. The van der Waals surface area contributed by atoms with Crippen LogP contribution in [0.3, 0.4) is 0 Å². The number of nitrogens with one attached hydrogen (secondary N) is 1. The van der Waals surface area contributed by atoms with Crippen LogP contribution in [0.1, 0.15) is 17.3 Å². The van der Waals surface area contributed by atoms with Crippen LogP contribution in [-0.2, 0) is 0 Å². The molecule has 0 saturated heterocycles. The van der Waals surface area contributed by atoms with E-state index in [1.165, 1.54) is 52.5 Å². The molecule has 13 aromatic rings. The van der Waals surface area contributed by atoms with Crippen LogP contribution in [0.4, 0.5) is 0 Å². The Balaban J connectivity index is 1.11. The summed E-state index contributed by atoms with van der Waals surface area (Å²) in [4.78, 5) is 11.3. The molecule has 7 heteroatoms. The van der Waals surface area contributed by atoms with E-state index in [1.54, 1.807) is 11.3 Å². The third kappa shape index (κ3) is 4.79. The van der Waals surface area contributed by atoms with Gasteiger partial charge in [0.15, 0.2) is 6.17 Å². The summed E-state index contributed by atoms with van der Waals surface area (Å²) in [7, 11) is 0. The first-order valence-corrected chi connectivity index (χ1v) is 21.7. The van der Waals surface area contributed by atoms with E-state index in [-0.39, 0.29) is 0 Å². The molecular weight excluding hydrogens is 779 g/mol. The second-order valence-electron chi connectivity index (χ2n) is 16.2. The second kappa shape index (κ2) is 12.8. The number of aliphatic imine (C=N–C) groups is 2. The summed E-state index contributed by atoms with van der Waals surface area (Å²) in [6.45, 7) is 0. The van der Waals surface area contributed by atoms with E-state index < -0.39 is 6.17 Å². The van der Waals surface area contributed by atoms with Gasteiger partial charge in [0, 0.05) is 63.6 Å². The van der Waals surface area contributed by atoms with Crippen molar-refractivity contribution in [1.82, 2.24) is 14.5 Å². The smallest absolute Gasteiger partial charge is 0.211 e. The van der Waals surface area contributed by atoms with Crippen molar-refractivity contribution in [1.29, 1.82) is 0 Å². The molecule has 4 aromatic heterocycles. The van der Waals surface area contributed by atoms with Gasteiger partial charge in [0.2, 0.25) is 5.96 Å². The van der Waals surface area contributed by atoms with Crippen LogP contribution in [-0.4, -0.2) is 20.9 Å². The van der Waals surface area contributed by atoms with Gasteiger partial charge >= 0.3 is 0 Å². The Morgan fingerprint density at radius 2 is 1.06 bits per heavy atom. The Bertz CT molecular complexity index is 4050. The third-order valence-corrected chi connectivity index (χ3v) is 14.0. The number of hydrogen-bond acceptors (Lipinski definition) is 5. The highest BCUT2D eigenvalue weighted by molar-refractivity contribution is 7.26. The molecule has 0 fully saturated rings. The molecule has 0 aliphatic carbocycles. The average molecular weight is 812 g/mol. The molecular formula is C55H33N5OS. The molecule has 1 aliphatic rings. The number of nitrogens with zero attached hydrogens (tertiary/aromatic N) is 4. The number of thiophene rings is 1. The summed E-state index contributed by atoms with van der Waals surface area (Å²) in [6, 6.07) is 67.2. The van der Waals surface area contributed by atoms with Gasteiger partial charge in [-0.3, -0.25) is 4.57 Å². The number of para-hydroxylation sites is 4. The minimum Gasteiger partial charge on any atom is -0.456 e. The van der Waals surface area contributed by atoms with E-state index in [0.717, 1.165) is 66.7 Å². The third-order valence-electron chi connectivity index (χ3n) is 12.8. The quantitative estimate of drug-likeness (QED) is 0.193. The highest BCUT2D eigenvalue weighted by Gasteiger charge is 2.29. The fourth-order valence-corrected chi connectivity index (χ4v) is 11.2. The van der Waals surface area contributed by atoms with Crippen LogP contribution in [0, 0.1) is 0 Å². The maximum atomic E-state index is 6.68. The second-order valence-corrected chi connectivity index (χ2v) is 17.2. The summed E-state index contributed by atoms with van der Waals surface area (Å²) in [6.07, 6.45) is -0.657. The number of amidine groups is 1. The van der Waals surface area contributed by atoms with Gasteiger partial charge in [-0.05, 0) is 71.4 Å². The SMILES string of the molecule is c1ccc2cc3c(cc2c1)c1ccccc1n3-c1cc2c(cc1C1N=C(c3cccc4c3sc3ccccc34)NC(n3c4ccccc4c4ccccc43)=N1)oc1ccccc12. The molecule has 9 aromatic carbocycles. The Hall–Kier alpha value is -8.00. The molecule has 1 aliphatic heterocycles. The first kappa shape index (κ1) is 33.8. The van der Waals surface area contributed by atoms with E-state index in [0.29, 0.717) is 5.96 Å². The van der Waals surface area contributed by atoms with Gasteiger partial charge in [-0.1, -0.05) is 127 Å². The highest BCUT2D eigenvalue weighted by atomic mass is 32.1. The van der Waals surface area contributed by atoms with E-state index in [9.17, 15) is 0 Å². The van der Waals surface area contributed by atoms with Crippen molar-refractivity contribution < 1.29 is 4.42 Å². The lowest BCUT2D eigenvalue weighted by Crippen LogP contribution is -2.39. The molecule has 1 unspecified atom stereocenters. The zero-order valence-corrected chi connectivity index (χ0v) is 33.9. The van der Waals surface area contributed by atoms with Crippen LogP contribution in [0.5, 0.6) is 0 Å². The van der Waals surface area contributed by atoms with Crippen molar-refractivity contribution >= 4 is 120 Å². The average Bonchev–Trinajstić information content (AvgIpc) is 4.08. The molecule has 290 valence electrons. The van der Waals surface area contributed by atoms with Crippen LogP contribution in [0.2, 0.25) is 0 Å². The molecule has 0 saturated carbocycles. The van der Waals surface area contributed by atoms with Crippen LogP contribution in [0.25, 0.3) is 102 Å². The molecule has 0 bridgehead atoms. The van der Waals surface area contributed by atoms with Crippen LogP contribution in [0.15, 0.2) is 202 Å². The lowest BCUT2D eigenvalue weighted by atomic mass is 10.0. The van der Waals surface area contributed by atoms with Crippen molar-refractivity contribution in [2.75, 3.05) is 0 Å². The molecule has 0 spiro atoms. The minimum absolute atomic E-state index is 0.657. The largest absolute Gasteiger partial charge is 0.456 e. The summed E-state index contributed by atoms with van der Waals surface area (Å²) in [5.41, 5.74) is 9.01. The van der Waals surface area contributed by atoms with E-state index in [4.69, 9.17) is 14.4 Å². The molecule has 0 amide bonds. The molecule has 6 nitrogen and oxygen atoms in total. The number of aromatic nitrogens is 2. The van der Waals surface area contributed by atoms with Crippen molar-refractivity contribution in [3.63, 3.8) is 0 Å². The fraction of sp³-hybridized carbons (Fsp3) is 0.0182. The number of rotatable bonds is 3. The summed E-state index contributed by atoms with van der Waals surface area (Å²) in [5, 5.41) is 15.5. The lowest BCUT2D eigenvalue weighted by molar-refractivity contribution is 0.665. The Labute approximate surface area is 357 Å². The van der Waals surface area contributed by atoms with Crippen LogP contribution >= 0.6 is 11.3 Å². The Morgan fingerprint density at radius 1 is 0.452 bits per heavy atom. The van der Waals surface area contributed by atoms with Gasteiger partial charge in [0.25, 0.3) is 0 Å². The van der Waals surface area contributed by atoms with E-state index in [2.05, 4.69) is 190 Å². The number of furan rings is 1. The van der Waals surface area contributed by atoms with Gasteiger partial charge in [0.05, 0.1) is 27.8 Å². The molecule has 62 heavy (non-hydrogen) atoms. The Morgan fingerprint density at radius 3 is 1.84 bits per heavy atom. The zero-order chi connectivity index (χ0) is 40.5. The van der Waals surface area contributed by atoms with Crippen molar-refractivity contribution in [2.24, 2.45) is 9.98 Å². The predicted octanol–water partition coefficient (Wildman–Crippen LogP) is 14.3. The van der Waals surface area contributed by atoms with Crippen LogP contribution < -0.4 is 5.32 Å². The van der Waals surface area contributed by atoms with Gasteiger partial charge in [-0.2, -0.15) is 0 Å². The maximum absolute atomic E-state index is 6.68. The normalized spacial score (nSPS) is 14.6. The number of benzene rings is 9. The van der Waals surface area contributed by atoms with Gasteiger partial charge in [-0.25, -0.2) is 9.98 Å². The molecule has 5 heterocycles. The van der Waals surface area contributed by atoms with E-state index in [1.807, 2.05) is 12.1 Å². The fourth-order valence-electron chi connectivity index (χ4n) is 10.0. The van der Waals surface area contributed by atoms with Gasteiger partial charge < -0.3 is 14.3 Å². The highest BCUT2D eigenvalue weighted by Crippen LogP contribution is 2.43. The van der Waals surface area contributed by atoms with Crippen molar-refractivity contribution in [3.8, 4) is 5.69 Å². The predicted molar refractivity (Wildman–Crippen MR) is 260 cm³/mol. The first-order chi connectivity index (χ1) is 30.7. The van der Waals surface area contributed by atoms with Crippen molar-refractivity contribution in [3.05, 3.63) is 199 Å². The zero-order valence-electron chi connectivity index (χ0n) is 33.1. The number of fused-ring (bicyclic) bond motifs is 13. The van der Waals surface area contributed by atoms with Gasteiger partial charge in [0.1, 0.15) is 17.0 Å². The van der Waals surface area contributed by atoms with Crippen molar-refractivity contribution in [2.45, 2.75) is 6.17 Å².